The summed E-state index contributed by atoms with van der Waals surface area (Å²) in [5.41, 5.74) is 0. The molecule has 3 N–H and O–H groups in total. The summed E-state index contributed by atoms with van der Waals surface area (Å²) >= 11 is 0. The van der Waals surface area contributed by atoms with Crippen molar-refractivity contribution >= 4 is 39.5 Å². The summed E-state index contributed by atoms with van der Waals surface area (Å²) in [5, 5.41) is 10.6. The average Bonchev–Trinajstić information content (AvgIpc) is 3.62. The molecule has 0 bridgehead atoms. The van der Waals surface area contributed by atoms with E-state index in [2.05, 4.69) is 72.8 Å². The molecule has 0 spiro atoms. The minimum absolute atomic E-state index is 0.0834. The van der Waals surface area contributed by atoms with Crippen LogP contribution in [0.3, 0.4) is 0 Å². The van der Waals surface area contributed by atoms with Crippen LogP contribution in [0.15, 0.2) is 24.3 Å². The Kier molecular flexibility index (Phi) is 58.8. The molecule has 524 valence electrons. The Morgan fingerprint density at radius 1 is 0.348 bits per heavy atom. The highest BCUT2D eigenvalue weighted by Gasteiger charge is 2.30. The second kappa shape index (κ2) is 60.5. The molecule has 0 aromatic carbocycles. The van der Waals surface area contributed by atoms with Crippen molar-refractivity contribution in [2.24, 2.45) is 17.8 Å². The first-order chi connectivity index (χ1) is 42.7. The maximum absolute atomic E-state index is 13.0. The minimum Gasteiger partial charge on any atom is -0.462 e. The summed E-state index contributed by atoms with van der Waals surface area (Å²) in [4.78, 5) is 72.4. The fourth-order valence-corrected chi connectivity index (χ4v) is 11.6. The number of carbonyl (C=O) groups excluding carboxylic acids is 4. The first kappa shape index (κ1) is 86.5. The lowest BCUT2D eigenvalue weighted by Gasteiger charge is -2.21. The van der Waals surface area contributed by atoms with Gasteiger partial charge in [-0.15, -0.1) is 0 Å². The molecule has 17 nitrogen and oxygen atoms in total. The molecular weight excluding hydrogens is 1170 g/mol. The monoisotopic (exact) mass is 1310 g/mol. The highest BCUT2D eigenvalue weighted by molar-refractivity contribution is 7.47. The van der Waals surface area contributed by atoms with Crippen LogP contribution < -0.4 is 0 Å². The van der Waals surface area contributed by atoms with Gasteiger partial charge in [-0.1, -0.05) is 272 Å². The Hall–Kier alpha value is -2.46. The molecule has 0 rings (SSSR count). The lowest BCUT2D eigenvalue weighted by atomic mass is 10.0. The normalized spacial score (nSPS) is 14.4. The van der Waals surface area contributed by atoms with Crippen LogP contribution in [0.2, 0.25) is 0 Å². The number of aliphatic hydroxyl groups excluding tert-OH is 1. The van der Waals surface area contributed by atoms with Gasteiger partial charge < -0.3 is 33.8 Å². The first-order valence-corrected chi connectivity index (χ1v) is 38.7. The van der Waals surface area contributed by atoms with Crippen molar-refractivity contribution in [3.8, 4) is 0 Å². The minimum atomic E-state index is -4.96. The van der Waals surface area contributed by atoms with Gasteiger partial charge in [-0.3, -0.25) is 37.3 Å². The molecule has 89 heavy (non-hydrogen) atoms. The average molecular weight is 1310 g/mol. The van der Waals surface area contributed by atoms with Crippen LogP contribution in [0, 0.1) is 17.8 Å². The van der Waals surface area contributed by atoms with Crippen molar-refractivity contribution in [1.82, 2.24) is 0 Å². The van der Waals surface area contributed by atoms with E-state index in [0.29, 0.717) is 37.5 Å². The number of hydrogen-bond acceptors (Lipinski definition) is 15. The van der Waals surface area contributed by atoms with Crippen molar-refractivity contribution in [1.29, 1.82) is 0 Å². The van der Waals surface area contributed by atoms with Gasteiger partial charge in [-0.2, -0.15) is 0 Å². The number of phosphoric acid groups is 2. The fraction of sp³-hybridized carbons (Fsp3) is 0.886. The van der Waals surface area contributed by atoms with E-state index >= 15 is 0 Å². The first-order valence-electron chi connectivity index (χ1n) is 35.7. The summed E-state index contributed by atoms with van der Waals surface area (Å²) in [6.07, 6.45) is 47.0. The van der Waals surface area contributed by atoms with Crippen LogP contribution in [-0.2, 0) is 65.4 Å². The number of esters is 4. The Bertz CT molecular complexity index is 1840. The molecule has 5 atom stereocenters. The molecule has 0 aromatic rings. The van der Waals surface area contributed by atoms with E-state index in [1.807, 2.05) is 0 Å². The van der Waals surface area contributed by atoms with Crippen molar-refractivity contribution in [3.63, 3.8) is 0 Å². The zero-order valence-corrected chi connectivity index (χ0v) is 59.2. The van der Waals surface area contributed by atoms with Gasteiger partial charge in [0.25, 0.3) is 0 Å². The second-order valence-electron chi connectivity index (χ2n) is 26.0. The molecule has 2 unspecified atom stereocenters. The van der Waals surface area contributed by atoms with Gasteiger partial charge in [0.1, 0.15) is 19.3 Å². The summed E-state index contributed by atoms with van der Waals surface area (Å²) in [5.74, 6) is -0.0228. The Labute approximate surface area is 542 Å². The SMILES string of the molecule is CCCCCC/C=C\C=C/CCCCCCCC(=O)O[C@H](COC(=O)CCCCCCCCC(C)C)COP(=O)(O)OC[C@H](O)COP(=O)(O)OC[C@@H](COC(=O)CCCCCCCCC(C)C)OC(=O)CCCCCCCCCCCCCCCC(C)C. The Morgan fingerprint density at radius 3 is 0.910 bits per heavy atom. The van der Waals surface area contributed by atoms with Gasteiger partial charge in [0.2, 0.25) is 0 Å². The molecule has 0 saturated heterocycles. The molecule has 0 saturated carbocycles. The number of aliphatic hydroxyl groups is 1. The van der Waals surface area contributed by atoms with Crippen molar-refractivity contribution < 1.29 is 80.2 Å². The molecule has 0 heterocycles. The van der Waals surface area contributed by atoms with Crippen molar-refractivity contribution in [2.45, 2.75) is 343 Å². The van der Waals surface area contributed by atoms with Crippen molar-refractivity contribution in [3.05, 3.63) is 24.3 Å². The fourth-order valence-electron chi connectivity index (χ4n) is 10.0. The zero-order chi connectivity index (χ0) is 65.9. The maximum atomic E-state index is 13.0. The van der Waals surface area contributed by atoms with Crippen LogP contribution in [0.5, 0.6) is 0 Å². The van der Waals surface area contributed by atoms with Crippen LogP contribution >= 0.6 is 15.6 Å². The van der Waals surface area contributed by atoms with E-state index in [9.17, 15) is 43.2 Å². The van der Waals surface area contributed by atoms with Gasteiger partial charge >= 0.3 is 39.5 Å². The largest absolute Gasteiger partial charge is 0.472 e. The van der Waals surface area contributed by atoms with Crippen LogP contribution in [0.25, 0.3) is 0 Å². The number of rotatable bonds is 66. The van der Waals surface area contributed by atoms with Crippen LogP contribution in [-0.4, -0.2) is 96.7 Å². The second-order valence-corrected chi connectivity index (χ2v) is 28.9. The van der Waals surface area contributed by atoms with Crippen LogP contribution in [0.4, 0.5) is 0 Å². The van der Waals surface area contributed by atoms with E-state index in [0.717, 1.165) is 121 Å². The van der Waals surface area contributed by atoms with Gasteiger partial charge in [-0.25, -0.2) is 9.13 Å². The Balaban J connectivity index is 5.25. The third kappa shape index (κ3) is 64.1. The standard InChI is InChI=1S/C70H132O17P2/c1-8-9-10-11-12-13-14-15-16-19-22-25-28-39-46-53-69(74)86-65(57-80-67(72)51-44-37-32-30-35-42-49-62(4)5)59-84-88(76,77)82-55-64(71)56-83-89(78,79)85-60-66(58-81-68(73)52-45-38-33-31-36-43-50-63(6)7)87-70(75)54-47-40-29-26-23-20-17-18-21-24-27-34-41-48-61(2)3/h13-16,61-66,71H,8-12,17-60H2,1-7H3,(H,76,77)(H,78,79)/b14-13-,16-15-/t64-,65+,66+/m0/s1. The molecule has 0 aromatic heterocycles. The summed E-state index contributed by atoms with van der Waals surface area (Å²) in [6.45, 7) is 11.6. The predicted octanol–water partition coefficient (Wildman–Crippen LogP) is 19.4. The van der Waals surface area contributed by atoms with E-state index in [1.54, 1.807) is 0 Å². The molecular formula is C70H132O17P2. The molecule has 0 aliphatic heterocycles. The molecule has 19 heteroatoms. The number of ether oxygens (including phenoxy) is 4. The van der Waals surface area contributed by atoms with E-state index in [-0.39, 0.29) is 25.7 Å². The molecule has 0 aliphatic rings. The van der Waals surface area contributed by atoms with Gasteiger partial charge in [0.05, 0.1) is 26.4 Å². The number of carbonyl (C=O) groups is 4. The summed E-state index contributed by atoms with van der Waals surface area (Å²) < 4.78 is 68.1. The summed E-state index contributed by atoms with van der Waals surface area (Å²) in [7, 11) is -9.91. The molecule has 0 fully saturated rings. The summed E-state index contributed by atoms with van der Waals surface area (Å²) in [6, 6.07) is 0. The molecule has 0 amide bonds. The third-order valence-electron chi connectivity index (χ3n) is 15.5. The maximum Gasteiger partial charge on any atom is 0.472 e. The number of phosphoric ester groups is 2. The third-order valence-corrected chi connectivity index (χ3v) is 17.4. The van der Waals surface area contributed by atoms with Crippen molar-refractivity contribution in [2.75, 3.05) is 39.6 Å². The zero-order valence-electron chi connectivity index (χ0n) is 57.4. The van der Waals surface area contributed by atoms with Gasteiger partial charge in [-0.05, 0) is 69.1 Å². The molecule has 0 radical (unpaired) electrons. The molecule has 0 aliphatic carbocycles. The Morgan fingerprint density at radius 2 is 0.607 bits per heavy atom. The number of unbranched alkanes of at least 4 members (excludes halogenated alkanes) is 31. The quantitative estimate of drug-likeness (QED) is 0.0169. The van der Waals surface area contributed by atoms with Crippen LogP contribution in [0.1, 0.15) is 325 Å². The topological polar surface area (TPSA) is 237 Å². The van der Waals surface area contributed by atoms with Gasteiger partial charge in [0.15, 0.2) is 12.2 Å². The number of allylic oxidation sites excluding steroid dienone is 4. The lowest BCUT2D eigenvalue weighted by Crippen LogP contribution is -2.30. The highest BCUT2D eigenvalue weighted by Crippen LogP contribution is 2.45. The number of hydrogen-bond donors (Lipinski definition) is 3. The smallest absolute Gasteiger partial charge is 0.462 e. The lowest BCUT2D eigenvalue weighted by molar-refractivity contribution is -0.161. The predicted molar refractivity (Wildman–Crippen MR) is 358 cm³/mol. The van der Waals surface area contributed by atoms with E-state index in [4.69, 9.17) is 37.0 Å². The van der Waals surface area contributed by atoms with E-state index in [1.165, 1.54) is 109 Å². The van der Waals surface area contributed by atoms with Gasteiger partial charge in [0, 0.05) is 25.7 Å². The van der Waals surface area contributed by atoms with E-state index < -0.39 is 97.5 Å². The highest BCUT2D eigenvalue weighted by atomic mass is 31.2.